The molecule has 0 N–H and O–H groups in total. The topological polar surface area (TPSA) is 157 Å². The van der Waals surface area contributed by atoms with Crippen molar-refractivity contribution in [2.24, 2.45) is 0 Å². The molecular formula is C32H20Cl2F6N2O10S2. The van der Waals surface area contributed by atoms with Crippen LogP contribution in [0, 0.1) is 20.2 Å². The van der Waals surface area contributed by atoms with Crippen molar-refractivity contribution in [3.63, 3.8) is 0 Å². The molecule has 0 radical (unpaired) electrons. The molecule has 0 bridgehead atoms. The maximum Gasteiger partial charge on any atom is 0.416 e. The fourth-order valence-corrected chi connectivity index (χ4v) is 6.28. The van der Waals surface area contributed by atoms with Gasteiger partial charge in [-0.15, -0.1) is 0 Å². The van der Waals surface area contributed by atoms with Crippen molar-refractivity contribution in [2.45, 2.75) is 12.4 Å². The second kappa shape index (κ2) is 17.9. The van der Waals surface area contributed by atoms with Gasteiger partial charge < -0.3 is 18.9 Å². The van der Waals surface area contributed by atoms with Gasteiger partial charge in [0.25, 0.3) is 11.4 Å². The van der Waals surface area contributed by atoms with Crippen LogP contribution in [0.5, 0.6) is 23.0 Å². The van der Waals surface area contributed by atoms with Crippen LogP contribution in [0.1, 0.15) is 31.8 Å². The average molecular weight is 842 g/mol. The first-order chi connectivity index (χ1) is 25.3. The Hall–Kier alpha value is -4.92. The Balaban J connectivity index is 1.26. The number of hydrogen-bond acceptors (Lipinski definition) is 12. The summed E-state index contributed by atoms with van der Waals surface area (Å²) >= 11 is 11.8. The van der Waals surface area contributed by atoms with Crippen molar-refractivity contribution < 1.29 is 64.7 Å². The van der Waals surface area contributed by atoms with Crippen molar-refractivity contribution in [3.8, 4) is 23.0 Å². The number of esters is 2. The zero-order valence-electron chi connectivity index (χ0n) is 26.6. The molecule has 0 aliphatic carbocycles. The van der Waals surface area contributed by atoms with Gasteiger partial charge >= 0.3 is 24.3 Å². The van der Waals surface area contributed by atoms with Gasteiger partial charge in [-0.25, -0.2) is 9.59 Å². The molecule has 12 nitrogen and oxygen atoms in total. The van der Waals surface area contributed by atoms with Gasteiger partial charge in [-0.05, 0) is 48.5 Å². The average Bonchev–Trinajstić information content (AvgIpc) is 3.09. The summed E-state index contributed by atoms with van der Waals surface area (Å²) in [4.78, 5) is 46.7. The molecule has 0 spiro atoms. The minimum absolute atomic E-state index is 0.151. The number of hydrogen-bond donors (Lipinski definition) is 0. The molecule has 0 unspecified atom stereocenters. The van der Waals surface area contributed by atoms with Crippen molar-refractivity contribution in [3.05, 3.63) is 125 Å². The van der Waals surface area contributed by atoms with E-state index in [4.69, 9.17) is 42.1 Å². The molecule has 4 aromatic carbocycles. The summed E-state index contributed by atoms with van der Waals surface area (Å²) < 4.78 is 98.7. The van der Waals surface area contributed by atoms with Gasteiger partial charge in [-0.1, -0.05) is 44.8 Å². The Kier molecular flexibility index (Phi) is 13.9. The molecule has 4 rings (SSSR count). The van der Waals surface area contributed by atoms with E-state index in [1.54, 1.807) is 0 Å². The Morgan fingerprint density at radius 2 is 0.981 bits per heavy atom. The molecule has 0 aliphatic rings. The summed E-state index contributed by atoms with van der Waals surface area (Å²) in [6.07, 6.45) is -9.32. The number of nitro groups is 2. The lowest BCUT2D eigenvalue weighted by atomic mass is 10.1. The largest absolute Gasteiger partial charge is 0.461 e. The van der Waals surface area contributed by atoms with Crippen LogP contribution >= 0.6 is 44.8 Å². The summed E-state index contributed by atoms with van der Waals surface area (Å²) in [5.74, 6) is -2.60. The number of carbonyl (C=O) groups is 2. The maximum absolute atomic E-state index is 12.9. The van der Waals surface area contributed by atoms with E-state index in [-0.39, 0.29) is 47.7 Å². The first-order valence-corrected chi connectivity index (χ1v) is 17.8. The summed E-state index contributed by atoms with van der Waals surface area (Å²) in [5, 5.41) is 22.2. The predicted octanol–water partition coefficient (Wildman–Crippen LogP) is 10.8. The molecule has 0 aliphatic heterocycles. The summed E-state index contributed by atoms with van der Waals surface area (Å²) in [6.45, 7) is -0.462. The number of ether oxygens (including phenoxy) is 4. The minimum Gasteiger partial charge on any atom is -0.461 e. The van der Waals surface area contributed by atoms with Gasteiger partial charge in [0.1, 0.15) is 47.3 Å². The first kappa shape index (κ1) is 41.8. The second-order valence-electron chi connectivity index (χ2n) is 10.3. The third-order valence-electron chi connectivity index (χ3n) is 6.63. The SMILES string of the molecule is O=C(OCCSSCCOC(=O)c1cc(Oc2ccc(C(F)(F)F)cc2Cl)ccc1[N+](=O)[O-])c1cc(Oc2ccc(C(F)(F)F)cc2Cl)ccc1[N+](=O)[O-]. The van der Waals surface area contributed by atoms with E-state index >= 15 is 0 Å². The number of nitrogens with zero attached hydrogens (tertiary/aromatic N) is 2. The Morgan fingerprint density at radius 1 is 0.611 bits per heavy atom. The van der Waals surface area contributed by atoms with Gasteiger partial charge in [0.05, 0.1) is 31.0 Å². The molecule has 0 heterocycles. The van der Waals surface area contributed by atoms with E-state index in [2.05, 4.69) is 0 Å². The van der Waals surface area contributed by atoms with Gasteiger partial charge in [0.15, 0.2) is 0 Å². The van der Waals surface area contributed by atoms with Crippen LogP contribution in [0.25, 0.3) is 0 Å². The zero-order chi connectivity index (χ0) is 39.8. The predicted molar refractivity (Wildman–Crippen MR) is 185 cm³/mol. The third kappa shape index (κ3) is 11.3. The van der Waals surface area contributed by atoms with Crippen molar-refractivity contribution in [2.75, 3.05) is 24.7 Å². The zero-order valence-corrected chi connectivity index (χ0v) is 29.7. The lowest BCUT2D eigenvalue weighted by Gasteiger charge is -2.12. The number of nitro benzene ring substituents is 2. The summed E-state index contributed by atoms with van der Waals surface area (Å²) in [6, 6.07) is 10.7. The first-order valence-electron chi connectivity index (χ1n) is 14.6. The molecule has 0 amide bonds. The lowest BCUT2D eigenvalue weighted by molar-refractivity contribution is -0.385. The normalized spacial score (nSPS) is 11.5. The van der Waals surface area contributed by atoms with Crippen molar-refractivity contribution >= 4 is 68.1 Å². The molecule has 0 saturated carbocycles. The van der Waals surface area contributed by atoms with Crippen molar-refractivity contribution in [1.82, 2.24) is 0 Å². The fourth-order valence-electron chi connectivity index (χ4n) is 4.19. The summed E-state index contributed by atoms with van der Waals surface area (Å²) in [5.41, 5.74) is -4.32. The van der Waals surface area contributed by atoms with E-state index in [9.17, 15) is 56.2 Å². The van der Waals surface area contributed by atoms with E-state index in [0.29, 0.717) is 12.1 Å². The molecule has 0 fully saturated rings. The van der Waals surface area contributed by atoms with Crippen LogP contribution in [-0.4, -0.2) is 46.5 Å². The standard InChI is InChI=1S/C32H20Cl2F6N2O10S2/c33-23-13-17(31(35,36)37)1-7-27(23)51-19-3-5-25(41(45)46)21(15-19)29(43)49-9-11-53-54-12-10-50-30(44)22-16-20(4-6-26(22)42(47)48)52-28-8-2-18(14-24(28)34)32(38,39)40/h1-8,13-16H,9-12H2. The Bertz CT molecular complexity index is 1930. The van der Waals surface area contributed by atoms with E-state index in [1.165, 1.54) is 0 Å². The molecular weight excluding hydrogens is 821 g/mol. The maximum atomic E-state index is 12.9. The van der Waals surface area contributed by atoms with Gasteiger partial charge in [-0.3, -0.25) is 20.2 Å². The Morgan fingerprint density at radius 3 is 1.30 bits per heavy atom. The number of alkyl halides is 6. The molecule has 0 atom stereocenters. The van der Waals surface area contributed by atoms with Crippen LogP contribution in [0.2, 0.25) is 10.0 Å². The van der Waals surface area contributed by atoms with Gasteiger partial charge in [0, 0.05) is 35.8 Å². The molecule has 54 heavy (non-hydrogen) atoms. The van der Waals surface area contributed by atoms with E-state index in [1.807, 2.05) is 0 Å². The molecule has 0 saturated heterocycles. The minimum atomic E-state index is -4.66. The molecule has 0 aromatic heterocycles. The number of halogens is 8. The number of benzene rings is 4. The highest BCUT2D eigenvalue weighted by Gasteiger charge is 2.32. The highest BCUT2D eigenvalue weighted by Crippen LogP contribution is 2.39. The highest BCUT2D eigenvalue weighted by atomic mass is 35.5. The highest BCUT2D eigenvalue weighted by molar-refractivity contribution is 8.76. The molecule has 4 aromatic rings. The summed E-state index contributed by atoms with van der Waals surface area (Å²) in [7, 11) is 2.31. The third-order valence-corrected chi connectivity index (χ3v) is 9.55. The second-order valence-corrected chi connectivity index (χ2v) is 13.8. The fraction of sp³-hybridized carbons (Fsp3) is 0.188. The monoisotopic (exact) mass is 840 g/mol. The van der Waals surface area contributed by atoms with Crippen LogP contribution in [0.3, 0.4) is 0 Å². The smallest absolute Gasteiger partial charge is 0.416 e. The number of rotatable bonds is 15. The number of carbonyl (C=O) groups excluding carboxylic acids is 2. The van der Waals surface area contributed by atoms with Crippen LogP contribution < -0.4 is 9.47 Å². The van der Waals surface area contributed by atoms with Crippen LogP contribution in [-0.2, 0) is 21.8 Å². The van der Waals surface area contributed by atoms with E-state index < -0.39 is 77.8 Å². The Labute approximate surface area is 317 Å². The van der Waals surface area contributed by atoms with Gasteiger partial charge in [0.2, 0.25) is 0 Å². The van der Waals surface area contributed by atoms with Crippen molar-refractivity contribution in [1.29, 1.82) is 0 Å². The quantitative estimate of drug-likeness (QED) is 0.0279. The molecule has 286 valence electrons. The molecule has 22 heteroatoms. The van der Waals surface area contributed by atoms with Crippen LogP contribution in [0.4, 0.5) is 37.7 Å². The van der Waals surface area contributed by atoms with Gasteiger partial charge in [-0.2, -0.15) is 26.3 Å². The van der Waals surface area contributed by atoms with E-state index in [0.717, 1.165) is 82.3 Å². The lowest BCUT2D eigenvalue weighted by Crippen LogP contribution is -2.11. The van der Waals surface area contributed by atoms with Crippen LogP contribution in [0.15, 0.2) is 72.8 Å².